The highest BCUT2D eigenvalue weighted by molar-refractivity contribution is 7.88. The van der Waals surface area contributed by atoms with Crippen molar-refractivity contribution >= 4 is 49.8 Å². The van der Waals surface area contributed by atoms with Gasteiger partial charge in [0.05, 0.1) is 11.9 Å². The van der Waals surface area contributed by atoms with E-state index in [2.05, 4.69) is 10.3 Å². The Morgan fingerprint density at radius 1 is 1.12 bits per heavy atom. The average molecular weight is 518 g/mol. The molecular weight excluding hydrogens is 494 g/mol. The van der Waals surface area contributed by atoms with Gasteiger partial charge in [0.2, 0.25) is 21.7 Å². The van der Waals surface area contributed by atoms with Crippen LogP contribution in [0.15, 0.2) is 54.6 Å². The number of benzene rings is 2. The third-order valence-corrected chi connectivity index (χ3v) is 8.24. The number of carbonyl (C=O) groups excluding carboxylic acids is 2. The molecule has 0 radical (unpaired) electrons. The van der Waals surface area contributed by atoms with E-state index in [1.165, 1.54) is 10.6 Å². The lowest BCUT2D eigenvalue weighted by Gasteiger charge is -2.29. The molecule has 2 aromatic carbocycles. The molecule has 0 saturated carbocycles. The number of nitrogens with one attached hydrogen (secondary N) is 1. The number of hydrogen-bond acceptors (Lipinski definition) is 6. The number of thiazole rings is 1. The van der Waals surface area contributed by atoms with Gasteiger partial charge in [-0.2, -0.15) is 0 Å². The van der Waals surface area contributed by atoms with Crippen LogP contribution in [0.5, 0.6) is 0 Å². The summed E-state index contributed by atoms with van der Waals surface area (Å²) in [5.41, 5.74) is 1.69. The van der Waals surface area contributed by atoms with Crippen LogP contribution >= 0.6 is 22.9 Å². The zero-order valence-electron chi connectivity index (χ0n) is 18.5. The van der Waals surface area contributed by atoms with E-state index in [0.29, 0.717) is 57.8 Å². The van der Waals surface area contributed by atoms with E-state index in [1.807, 2.05) is 12.1 Å². The fraction of sp³-hybridized carbons (Fsp3) is 0.292. The predicted octanol–water partition coefficient (Wildman–Crippen LogP) is 4.69. The molecule has 2 heterocycles. The SMILES string of the molecule is CS(=O)(=O)N1CCC(CC(=O)Nc2nc(-c3cccc(Cl)c3)c(C(=O)c3ccccc3)s2)CC1. The number of sulfonamides is 1. The van der Waals surface area contributed by atoms with Crippen LogP contribution in [0.1, 0.15) is 34.5 Å². The number of piperidine rings is 1. The lowest BCUT2D eigenvalue weighted by molar-refractivity contribution is -0.117. The van der Waals surface area contributed by atoms with Gasteiger partial charge >= 0.3 is 0 Å². The molecule has 1 fully saturated rings. The van der Waals surface area contributed by atoms with E-state index >= 15 is 0 Å². The molecule has 1 saturated heterocycles. The van der Waals surface area contributed by atoms with Gasteiger partial charge in [-0.3, -0.25) is 9.59 Å². The third-order valence-electron chi connectivity index (χ3n) is 5.73. The molecular formula is C24H24ClN3O4S2. The molecule has 0 spiro atoms. The summed E-state index contributed by atoms with van der Waals surface area (Å²) in [4.78, 5) is 30.9. The van der Waals surface area contributed by atoms with Crippen molar-refractivity contribution in [3.63, 3.8) is 0 Å². The van der Waals surface area contributed by atoms with Gasteiger partial charge in [-0.05, 0) is 30.9 Å². The Morgan fingerprint density at radius 3 is 2.47 bits per heavy atom. The Hall–Kier alpha value is -2.59. The van der Waals surface area contributed by atoms with Crippen LogP contribution in [-0.4, -0.2) is 48.7 Å². The van der Waals surface area contributed by atoms with Crippen LogP contribution in [0.3, 0.4) is 0 Å². The Bertz CT molecular complexity index is 1300. The van der Waals surface area contributed by atoms with Crippen LogP contribution in [-0.2, 0) is 14.8 Å². The average Bonchev–Trinajstić information content (AvgIpc) is 3.22. The maximum atomic E-state index is 13.2. The van der Waals surface area contributed by atoms with Crippen molar-refractivity contribution in [3.8, 4) is 11.3 Å². The second-order valence-electron chi connectivity index (χ2n) is 8.26. The van der Waals surface area contributed by atoms with Gasteiger partial charge in [0.15, 0.2) is 5.13 Å². The Kier molecular flexibility index (Phi) is 7.47. The molecule has 1 N–H and O–H groups in total. The highest BCUT2D eigenvalue weighted by Crippen LogP contribution is 2.34. The van der Waals surface area contributed by atoms with Crippen molar-refractivity contribution in [1.82, 2.24) is 9.29 Å². The highest BCUT2D eigenvalue weighted by Gasteiger charge is 2.27. The second kappa shape index (κ2) is 10.4. The van der Waals surface area contributed by atoms with Crippen LogP contribution in [0.25, 0.3) is 11.3 Å². The molecule has 3 aromatic rings. The molecule has 4 rings (SSSR count). The van der Waals surface area contributed by atoms with Crippen LogP contribution in [0.4, 0.5) is 5.13 Å². The normalized spacial score (nSPS) is 15.2. The fourth-order valence-corrected chi connectivity index (χ4v) is 5.99. The molecule has 1 amide bonds. The maximum Gasteiger partial charge on any atom is 0.226 e. The van der Waals surface area contributed by atoms with E-state index < -0.39 is 10.0 Å². The number of rotatable bonds is 7. The molecule has 1 aliphatic heterocycles. The van der Waals surface area contributed by atoms with E-state index in [0.717, 1.165) is 11.3 Å². The number of carbonyl (C=O) groups is 2. The predicted molar refractivity (Wildman–Crippen MR) is 135 cm³/mol. The van der Waals surface area contributed by atoms with E-state index in [1.54, 1.807) is 42.5 Å². The van der Waals surface area contributed by atoms with Gasteiger partial charge < -0.3 is 5.32 Å². The topological polar surface area (TPSA) is 96.4 Å². The Labute approximate surface area is 207 Å². The lowest BCUT2D eigenvalue weighted by atomic mass is 9.94. The van der Waals surface area contributed by atoms with Crippen LogP contribution in [0, 0.1) is 5.92 Å². The molecule has 0 atom stereocenters. The first-order valence-electron chi connectivity index (χ1n) is 10.8. The monoisotopic (exact) mass is 517 g/mol. The summed E-state index contributed by atoms with van der Waals surface area (Å²) in [5, 5.41) is 3.70. The summed E-state index contributed by atoms with van der Waals surface area (Å²) in [7, 11) is -3.21. The summed E-state index contributed by atoms with van der Waals surface area (Å²) < 4.78 is 24.8. The highest BCUT2D eigenvalue weighted by atomic mass is 35.5. The first kappa shape index (κ1) is 24.5. The molecule has 0 aliphatic carbocycles. The summed E-state index contributed by atoms with van der Waals surface area (Å²) in [5.74, 6) is -0.291. The summed E-state index contributed by atoms with van der Waals surface area (Å²) in [6.45, 7) is 0.839. The van der Waals surface area contributed by atoms with Crippen LogP contribution in [0.2, 0.25) is 5.02 Å². The standard InChI is InChI=1S/C24H24ClN3O4S2/c1-34(31,32)28-12-10-16(11-13-28)14-20(29)26-24-27-21(18-8-5-9-19(25)15-18)23(33-24)22(30)17-6-3-2-4-7-17/h2-9,15-16H,10-14H2,1H3,(H,26,27,29). The summed E-state index contributed by atoms with van der Waals surface area (Å²) >= 11 is 7.30. The zero-order valence-corrected chi connectivity index (χ0v) is 20.9. The second-order valence-corrected chi connectivity index (χ2v) is 11.7. The van der Waals surface area contributed by atoms with Gasteiger partial charge in [-0.15, -0.1) is 0 Å². The third kappa shape index (κ3) is 5.90. The van der Waals surface area contributed by atoms with Gasteiger partial charge in [-0.1, -0.05) is 65.4 Å². The van der Waals surface area contributed by atoms with Gasteiger partial charge in [-0.25, -0.2) is 17.7 Å². The van der Waals surface area contributed by atoms with Crippen molar-refractivity contribution in [2.75, 3.05) is 24.7 Å². The van der Waals surface area contributed by atoms with Gasteiger partial charge in [0.25, 0.3) is 0 Å². The van der Waals surface area contributed by atoms with Crippen molar-refractivity contribution in [2.24, 2.45) is 5.92 Å². The number of ketones is 1. The van der Waals surface area contributed by atoms with E-state index in [4.69, 9.17) is 11.6 Å². The number of nitrogens with zero attached hydrogens (tertiary/aromatic N) is 2. The lowest BCUT2D eigenvalue weighted by Crippen LogP contribution is -2.38. The number of hydrogen-bond donors (Lipinski definition) is 1. The first-order chi connectivity index (χ1) is 16.2. The first-order valence-corrected chi connectivity index (χ1v) is 13.9. The number of amides is 1. The van der Waals surface area contributed by atoms with E-state index in [-0.39, 0.29) is 24.0 Å². The van der Waals surface area contributed by atoms with Crippen LogP contribution < -0.4 is 5.32 Å². The number of aromatic nitrogens is 1. The molecule has 7 nitrogen and oxygen atoms in total. The van der Waals surface area contributed by atoms with Crippen molar-refractivity contribution in [3.05, 3.63) is 70.1 Å². The zero-order chi connectivity index (χ0) is 24.3. The summed E-state index contributed by atoms with van der Waals surface area (Å²) in [6, 6.07) is 16.0. The van der Waals surface area contributed by atoms with Crippen molar-refractivity contribution in [2.45, 2.75) is 19.3 Å². The quantitative estimate of drug-likeness (QED) is 0.458. The van der Waals surface area contributed by atoms with Crippen molar-refractivity contribution in [1.29, 1.82) is 0 Å². The minimum Gasteiger partial charge on any atom is -0.302 e. The maximum absolute atomic E-state index is 13.2. The Morgan fingerprint density at radius 2 is 1.82 bits per heavy atom. The van der Waals surface area contributed by atoms with Crippen molar-refractivity contribution < 1.29 is 18.0 Å². The van der Waals surface area contributed by atoms with E-state index in [9.17, 15) is 18.0 Å². The van der Waals surface area contributed by atoms with Gasteiger partial charge in [0, 0.05) is 35.7 Å². The largest absolute Gasteiger partial charge is 0.302 e. The molecule has 1 aromatic heterocycles. The number of anilines is 1. The summed E-state index contributed by atoms with van der Waals surface area (Å²) in [6.07, 6.45) is 2.73. The molecule has 178 valence electrons. The molecule has 34 heavy (non-hydrogen) atoms. The molecule has 0 bridgehead atoms. The Balaban J connectivity index is 1.52. The molecule has 1 aliphatic rings. The minimum absolute atomic E-state index is 0.0933. The minimum atomic E-state index is -3.21. The molecule has 10 heteroatoms. The van der Waals surface area contributed by atoms with Gasteiger partial charge in [0.1, 0.15) is 4.88 Å². The molecule has 0 unspecified atom stereocenters. The smallest absolute Gasteiger partial charge is 0.226 e. The number of halogens is 1. The fourth-order valence-electron chi connectivity index (χ4n) is 3.96.